The first-order valence-electron chi connectivity index (χ1n) is 9.41. The zero-order chi connectivity index (χ0) is 20.6. The van der Waals surface area contributed by atoms with Crippen LogP contribution in [0.3, 0.4) is 0 Å². The maximum absolute atomic E-state index is 13.2. The smallest absolute Gasteiger partial charge is 0.416 e. The van der Waals surface area contributed by atoms with Gasteiger partial charge in [-0.15, -0.1) is 6.58 Å². The minimum atomic E-state index is -0.449. The third kappa shape index (κ3) is 5.51. The molecular formula is C24H25NO4. The predicted molar refractivity (Wildman–Crippen MR) is 112 cm³/mol. The summed E-state index contributed by atoms with van der Waals surface area (Å²) in [6, 6.07) is 20.1. The van der Waals surface area contributed by atoms with Crippen molar-refractivity contribution >= 4 is 6.09 Å². The van der Waals surface area contributed by atoms with Crippen molar-refractivity contribution in [1.82, 2.24) is 4.90 Å². The molecule has 3 aromatic rings. The third-order valence-electron chi connectivity index (χ3n) is 4.51. The van der Waals surface area contributed by atoms with Crippen molar-refractivity contribution < 1.29 is 18.7 Å². The second-order valence-electron chi connectivity index (χ2n) is 6.84. The highest BCUT2D eigenvalue weighted by molar-refractivity contribution is 5.71. The number of carbonyl (C=O) groups is 1. The van der Waals surface area contributed by atoms with Gasteiger partial charge >= 0.3 is 6.09 Å². The van der Waals surface area contributed by atoms with Gasteiger partial charge < -0.3 is 13.9 Å². The van der Waals surface area contributed by atoms with Gasteiger partial charge in [-0.1, -0.05) is 35.9 Å². The fourth-order valence-corrected chi connectivity index (χ4v) is 3.08. The summed E-state index contributed by atoms with van der Waals surface area (Å²) in [6.07, 6.45) is 1.74. The summed E-state index contributed by atoms with van der Waals surface area (Å²) in [7, 11) is 1.63. The molecule has 150 valence electrons. The van der Waals surface area contributed by atoms with Crippen molar-refractivity contribution in [2.75, 3.05) is 7.11 Å². The van der Waals surface area contributed by atoms with Gasteiger partial charge in [0, 0.05) is 0 Å². The number of benzene rings is 2. The summed E-state index contributed by atoms with van der Waals surface area (Å²) in [6.45, 7) is 6.28. The molecule has 0 spiro atoms. The number of para-hydroxylation sites is 1. The van der Waals surface area contributed by atoms with Gasteiger partial charge in [0.15, 0.2) is 0 Å². The highest BCUT2D eigenvalue weighted by Gasteiger charge is 2.28. The number of hydrogen-bond donors (Lipinski definition) is 0. The van der Waals surface area contributed by atoms with Crippen LogP contribution in [0.2, 0.25) is 0 Å². The molecule has 5 heteroatoms. The molecule has 1 unspecified atom stereocenters. The summed E-state index contributed by atoms with van der Waals surface area (Å²) >= 11 is 0. The molecule has 1 atom stereocenters. The minimum Gasteiger partial charge on any atom is -0.497 e. The summed E-state index contributed by atoms with van der Waals surface area (Å²) < 4.78 is 16.4. The maximum atomic E-state index is 13.2. The predicted octanol–water partition coefficient (Wildman–Crippen LogP) is 6.00. The van der Waals surface area contributed by atoms with Gasteiger partial charge in [-0.2, -0.15) is 0 Å². The van der Waals surface area contributed by atoms with Crippen LogP contribution in [-0.2, 0) is 6.54 Å². The van der Waals surface area contributed by atoms with E-state index < -0.39 is 6.09 Å². The van der Waals surface area contributed by atoms with Crippen molar-refractivity contribution in [1.29, 1.82) is 0 Å². The van der Waals surface area contributed by atoms with Gasteiger partial charge in [0.1, 0.15) is 17.3 Å². The minimum absolute atomic E-state index is 0.264. The SMILES string of the molecule is C=C(C)CC(c1ccc(OC)cc1)N(Cc1ccco1)C(=O)Oc1ccccc1. The average Bonchev–Trinajstić information content (AvgIpc) is 3.24. The van der Waals surface area contributed by atoms with Crippen molar-refractivity contribution in [3.05, 3.63) is 96.5 Å². The molecule has 1 aromatic heterocycles. The normalized spacial score (nSPS) is 11.5. The third-order valence-corrected chi connectivity index (χ3v) is 4.51. The Balaban J connectivity index is 1.94. The summed E-state index contributed by atoms with van der Waals surface area (Å²) in [5, 5.41) is 0. The standard InChI is InChI=1S/C24H25NO4/c1-18(2)16-23(19-11-13-20(27-3)14-12-19)25(17-22-10-7-15-28-22)24(26)29-21-8-5-4-6-9-21/h4-15,23H,1,16-17H2,2-3H3. The van der Waals surface area contributed by atoms with Crippen LogP contribution >= 0.6 is 0 Å². The van der Waals surface area contributed by atoms with E-state index in [1.807, 2.05) is 55.5 Å². The fraction of sp³-hybridized carbons (Fsp3) is 0.208. The number of rotatable bonds is 8. The van der Waals surface area contributed by atoms with Crippen LogP contribution in [0.1, 0.15) is 30.7 Å². The van der Waals surface area contributed by atoms with E-state index in [1.165, 1.54) is 0 Å². The summed E-state index contributed by atoms with van der Waals surface area (Å²) in [5.41, 5.74) is 1.92. The monoisotopic (exact) mass is 391 g/mol. The highest BCUT2D eigenvalue weighted by atomic mass is 16.6. The molecule has 3 rings (SSSR count). The van der Waals surface area contributed by atoms with E-state index in [0.717, 1.165) is 16.9 Å². The van der Waals surface area contributed by atoms with Gasteiger partial charge in [-0.05, 0) is 55.3 Å². The largest absolute Gasteiger partial charge is 0.497 e. The number of nitrogens with zero attached hydrogens (tertiary/aromatic N) is 1. The lowest BCUT2D eigenvalue weighted by Gasteiger charge is -2.31. The van der Waals surface area contributed by atoms with E-state index in [-0.39, 0.29) is 12.6 Å². The number of amides is 1. The second kappa shape index (κ2) is 9.64. The average molecular weight is 391 g/mol. The fourth-order valence-electron chi connectivity index (χ4n) is 3.08. The zero-order valence-corrected chi connectivity index (χ0v) is 16.7. The molecule has 5 nitrogen and oxygen atoms in total. The van der Waals surface area contributed by atoms with E-state index in [2.05, 4.69) is 6.58 Å². The lowest BCUT2D eigenvalue weighted by molar-refractivity contribution is 0.122. The molecule has 1 heterocycles. The lowest BCUT2D eigenvalue weighted by Crippen LogP contribution is -2.36. The van der Waals surface area contributed by atoms with Crippen LogP contribution in [0.25, 0.3) is 0 Å². The van der Waals surface area contributed by atoms with E-state index in [1.54, 1.807) is 36.5 Å². The second-order valence-corrected chi connectivity index (χ2v) is 6.84. The Morgan fingerprint density at radius 3 is 2.34 bits per heavy atom. The molecule has 0 bridgehead atoms. The van der Waals surface area contributed by atoms with Crippen LogP contribution in [-0.4, -0.2) is 18.1 Å². The Bertz CT molecular complexity index is 917. The van der Waals surface area contributed by atoms with Crippen LogP contribution in [0.4, 0.5) is 4.79 Å². The molecule has 0 saturated heterocycles. The number of furan rings is 1. The quantitative estimate of drug-likeness (QED) is 0.442. The van der Waals surface area contributed by atoms with Crippen molar-refractivity contribution in [2.24, 2.45) is 0 Å². The van der Waals surface area contributed by atoms with Crippen molar-refractivity contribution in [3.63, 3.8) is 0 Å². The lowest BCUT2D eigenvalue weighted by atomic mass is 9.98. The van der Waals surface area contributed by atoms with Crippen LogP contribution in [0.5, 0.6) is 11.5 Å². The van der Waals surface area contributed by atoms with Gasteiger partial charge in [-0.25, -0.2) is 4.79 Å². The number of carbonyl (C=O) groups excluding carboxylic acids is 1. The van der Waals surface area contributed by atoms with Gasteiger partial charge in [0.25, 0.3) is 0 Å². The maximum Gasteiger partial charge on any atom is 0.416 e. The molecule has 0 aliphatic rings. The Hall–Kier alpha value is -3.47. The highest BCUT2D eigenvalue weighted by Crippen LogP contribution is 2.31. The van der Waals surface area contributed by atoms with Crippen molar-refractivity contribution in [3.8, 4) is 11.5 Å². The molecular weight excluding hydrogens is 366 g/mol. The molecule has 0 N–H and O–H groups in total. The number of methoxy groups -OCH3 is 1. The molecule has 0 radical (unpaired) electrons. The molecule has 0 aliphatic carbocycles. The summed E-state index contributed by atoms with van der Waals surface area (Å²) in [4.78, 5) is 14.8. The van der Waals surface area contributed by atoms with Crippen LogP contribution in [0, 0.1) is 0 Å². The molecule has 2 aromatic carbocycles. The number of hydrogen-bond acceptors (Lipinski definition) is 4. The molecule has 0 fully saturated rings. The molecule has 29 heavy (non-hydrogen) atoms. The van der Waals surface area contributed by atoms with Gasteiger partial charge in [-0.3, -0.25) is 4.90 Å². The topological polar surface area (TPSA) is 51.9 Å². The Labute approximate surface area is 171 Å². The Morgan fingerprint density at radius 1 is 1.03 bits per heavy atom. The van der Waals surface area contributed by atoms with Crippen LogP contribution in [0.15, 0.2) is 89.6 Å². The first-order valence-corrected chi connectivity index (χ1v) is 9.41. The van der Waals surface area contributed by atoms with Gasteiger partial charge in [0.05, 0.1) is 26.0 Å². The first-order chi connectivity index (χ1) is 14.1. The van der Waals surface area contributed by atoms with E-state index >= 15 is 0 Å². The Kier molecular flexibility index (Phi) is 6.74. The van der Waals surface area contributed by atoms with E-state index in [4.69, 9.17) is 13.9 Å². The van der Waals surface area contributed by atoms with E-state index in [9.17, 15) is 4.79 Å². The van der Waals surface area contributed by atoms with Crippen LogP contribution < -0.4 is 9.47 Å². The summed E-state index contributed by atoms with van der Waals surface area (Å²) in [5.74, 6) is 1.92. The zero-order valence-electron chi connectivity index (χ0n) is 16.7. The molecule has 0 saturated carbocycles. The van der Waals surface area contributed by atoms with E-state index in [0.29, 0.717) is 17.9 Å². The molecule has 1 amide bonds. The molecule has 0 aliphatic heterocycles. The Morgan fingerprint density at radius 2 is 1.76 bits per heavy atom. The first kappa shape index (κ1) is 20.3. The van der Waals surface area contributed by atoms with Gasteiger partial charge in [0.2, 0.25) is 0 Å². The number of ether oxygens (including phenoxy) is 2. The van der Waals surface area contributed by atoms with Crippen molar-refractivity contribution in [2.45, 2.75) is 25.9 Å².